The summed E-state index contributed by atoms with van der Waals surface area (Å²) in [5.41, 5.74) is 0.510. The fourth-order valence-electron chi connectivity index (χ4n) is 2.74. The van der Waals surface area contributed by atoms with Gasteiger partial charge in [0.2, 0.25) is 5.91 Å². The molecule has 1 amide bonds. The fourth-order valence-corrected chi connectivity index (χ4v) is 2.74. The fraction of sp³-hybridized carbons (Fsp3) is 0.467. The molecule has 2 atom stereocenters. The summed E-state index contributed by atoms with van der Waals surface area (Å²) in [6.45, 7) is 2.79. The Hall–Kier alpha value is -1.80. The average molecular weight is 364 g/mol. The molecular weight excluding hydrogens is 347 g/mol. The quantitative estimate of drug-likeness (QED) is 0.855. The summed E-state index contributed by atoms with van der Waals surface area (Å²) >= 11 is 0. The van der Waals surface area contributed by atoms with E-state index >= 15 is 0 Å². The van der Waals surface area contributed by atoms with Crippen LogP contribution in [-0.2, 0) is 11.0 Å². The second kappa shape index (κ2) is 6.98. The van der Waals surface area contributed by atoms with E-state index in [0.717, 1.165) is 19.4 Å². The van der Waals surface area contributed by atoms with Crippen molar-refractivity contribution in [3.63, 3.8) is 0 Å². The molecular formula is C15H17ClF3N3O2. The van der Waals surface area contributed by atoms with Gasteiger partial charge in [-0.3, -0.25) is 4.79 Å². The molecule has 1 aliphatic heterocycles. The van der Waals surface area contributed by atoms with Crippen LogP contribution in [0.3, 0.4) is 0 Å². The summed E-state index contributed by atoms with van der Waals surface area (Å²) in [5, 5.41) is 6.01. The van der Waals surface area contributed by atoms with Gasteiger partial charge in [0.25, 0.3) is 0 Å². The molecule has 2 aromatic rings. The van der Waals surface area contributed by atoms with Crippen molar-refractivity contribution < 1.29 is 22.4 Å². The minimum absolute atomic E-state index is 0. The van der Waals surface area contributed by atoms with Crippen molar-refractivity contribution >= 4 is 35.1 Å². The molecule has 0 saturated carbocycles. The molecule has 1 aromatic heterocycles. The largest absolute Gasteiger partial charge is 0.468 e. The average Bonchev–Trinajstić information content (AvgIpc) is 2.90. The van der Waals surface area contributed by atoms with Gasteiger partial charge in [-0.1, -0.05) is 0 Å². The van der Waals surface area contributed by atoms with Gasteiger partial charge in [0.15, 0.2) is 5.58 Å². The molecule has 0 spiro atoms. The number of anilines is 1. The minimum Gasteiger partial charge on any atom is -0.433 e. The van der Waals surface area contributed by atoms with E-state index < -0.39 is 12.1 Å². The van der Waals surface area contributed by atoms with Crippen LogP contribution < -0.4 is 10.6 Å². The Morgan fingerprint density at radius 1 is 1.42 bits per heavy atom. The highest BCUT2D eigenvalue weighted by atomic mass is 35.5. The Labute approximate surface area is 142 Å². The van der Waals surface area contributed by atoms with Crippen molar-refractivity contribution in [2.24, 2.45) is 5.92 Å². The molecule has 2 N–H and O–H groups in total. The highest BCUT2D eigenvalue weighted by Crippen LogP contribution is 2.32. The molecule has 0 radical (unpaired) electrons. The first-order chi connectivity index (χ1) is 10.8. The monoisotopic (exact) mass is 363 g/mol. The maximum absolute atomic E-state index is 12.6. The van der Waals surface area contributed by atoms with E-state index in [0.29, 0.717) is 5.69 Å². The van der Waals surface area contributed by atoms with Crippen molar-refractivity contribution in [1.29, 1.82) is 0 Å². The molecule has 2 heterocycles. The van der Waals surface area contributed by atoms with E-state index in [1.54, 1.807) is 0 Å². The summed E-state index contributed by atoms with van der Waals surface area (Å²) in [4.78, 5) is 15.7. The van der Waals surface area contributed by atoms with Crippen LogP contribution in [0.25, 0.3) is 11.1 Å². The highest BCUT2D eigenvalue weighted by molar-refractivity contribution is 5.94. The summed E-state index contributed by atoms with van der Waals surface area (Å²) in [6, 6.07) is 4.54. The molecule has 3 rings (SSSR count). The van der Waals surface area contributed by atoms with E-state index in [-0.39, 0.29) is 41.4 Å². The second-order valence-electron chi connectivity index (χ2n) is 5.77. The number of benzene rings is 1. The zero-order valence-corrected chi connectivity index (χ0v) is 13.6. The van der Waals surface area contributed by atoms with Crippen LogP contribution in [0.4, 0.5) is 18.9 Å². The van der Waals surface area contributed by atoms with Gasteiger partial charge in [-0.2, -0.15) is 13.2 Å². The van der Waals surface area contributed by atoms with E-state index in [1.165, 1.54) is 18.2 Å². The molecule has 0 aliphatic carbocycles. The molecule has 24 heavy (non-hydrogen) atoms. The predicted octanol–water partition coefficient (Wildman–Crippen LogP) is 3.60. The number of aromatic nitrogens is 1. The van der Waals surface area contributed by atoms with E-state index in [1.807, 2.05) is 6.92 Å². The normalized spacial score (nSPS) is 21.3. The number of carbonyl (C=O) groups excluding carboxylic acids is 1. The first-order valence-electron chi connectivity index (χ1n) is 7.35. The van der Waals surface area contributed by atoms with Crippen LogP contribution in [0, 0.1) is 5.92 Å². The van der Waals surface area contributed by atoms with Crippen LogP contribution >= 0.6 is 12.4 Å². The lowest BCUT2D eigenvalue weighted by atomic mass is 9.92. The van der Waals surface area contributed by atoms with Gasteiger partial charge in [0.05, 0.1) is 0 Å². The number of piperidine rings is 1. The third-order valence-corrected chi connectivity index (χ3v) is 3.89. The summed E-state index contributed by atoms with van der Waals surface area (Å²) in [5.74, 6) is -1.52. The zero-order chi connectivity index (χ0) is 16.6. The molecule has 1 aliphatic rings. The Bertz CT molecular complexity index is 732. The van der Waals surface area contributed by atoms with Gasteiger partial charge in [-0.25, -0.2) is 4.98 Å². The Morgan fingerprint density at radius 2 is 2.17 bits per heavy atom. The first-order valence-corrected chi connectivity index (χ1v) is 7.35. The highest BCUT2D eigenvalue weighted by Gasteiger charge is 2.37. The molecule has 5 nitrogen and oxygen atoms in total. The third-order valence-electron chi connectivity index (χ3n) is 3.89. The van der Waals surface area contributed by atoms with Crippen molar-refractivity contribution in [3.05, 3.63) is 24.1 Å². The number of oxazole rings is 1. The van der Waals surface area contributed by atoms with Crippen molar-refractivity contribution in [1.82, 2.24) is 10.3 Å². The van der Waals surface area contributed by atoms with Crippen LogP contribution in [0.2, 0.25) is 0 Å². The Balaban J connectivity index is 0.00000208. The molecule has 0 unspecified atom stereocenters. The number of halogens is 4. The minimum atomic E-state index is -4.63. The number of hydrogen-bond donors (Lipinski definition) is 2. The smallest absolute Gasteiger partial charge is 0.433 e. The molecule has 132 valence electrons. The first kappa shape index (κ1) is 18.5. The predicted molar refractivity (Wildman–Crippen MR) is 85.1 cm³/mol. The molecule has 1 fully saturated rings. The Kier molecular flexibility index (Phi) is 5.39. The number of amides is 1. The maximum atomic E-state index is 12.6. The topological polar surface area (TPSA) is 67.2 Å². The lowest BCUT2D eigenvalue weighted by Gasteiger charge is -2.27. The third kappa shape index (κ3) is 3.99. The number of alkyl halides is 3. The molecule has 0 bridgehead atoms. The Morgan fingerprint density at radius 3 is 2.83 bits per heavy atom. The van der Waals surface area contributed by atoms with Gasteiger partial charge < -0.3 is 15.1 Å². The van der Waals surface area contributed by atoms with E-state index in [2.05, 4.69) is 20.0 Å². The van der Waals surface area contributed by atoms with E-state index in [4.69, 9.17) is 0 Å². The number of nitrogens with zero attached hydrogens (tertiary/aromatic N) is 1. The van der Waals surface area contributed by atoms with Gasteiger partial charge in [-0.15, -0.1) is 12.4 Å². The van der Waals surface area contributed by atoms with Crippen molar-refractivity contribution in [3.8, 4) is 0 Å². The summed E-state index contributed by atoms with van der Waals surface area (Å²) in [6.07, 6.45) is -3.16. The van der Waals surface area contributed by atoms with Gasteiger partial charge in [0, 0.05) is 17.6 Å². The number of rotatable bonds is 2. The van der Waals surface area contributed by atoms with Crippen molar-refractivity contribution in [2.45, 2.75) is 32.0 Å². The number of nitrogens with one attached hydrogen (secondary N) is 2. The van der Waals surface area contributed by atoms with Crippen LogP contribution in [-0.4, -0.2) is 23.5 Å². The second-order valence-corrected chi connectivity index (χ2v) is 5.77. The van der Waals surface area contributed by atoms with Gasteiger partial charge >= 0.3 is 12.1 Å². The summed E-state index contributed by atoms with van der Waals surface area (Å²) in [7, 11) is 0. The number of hydrogen-bond acceptors (Lipinski definition) is 4. The SMILES string of the molecule is C[C@H]1C[C@@H](C(=O)Nc2ccc3oc(C(F)(F)F)nc3c2)CCN1.Cl. The van der Waals surface area contributed by atoms with Crippen LogP contribution in [0.1, 0.15) is 25.7 Å². The van der Waals surface area contributed by atoms with Gasteiger partial charge in [-0.05, 0) is 44.5 Å². The van der Waals surface area contributed by atoms with Crippen LogP contribution in [0.15, 0.2) is 22.6 Å². The molecule has 1 aromatic carbocycles. The number of fused-ring (bicyclic) bond motifs is 1. The van der Waals surface area contributed by atoms with Gasteiger partial charge in [0.1, 0.15) is 5.52 Å². The van der Waals surface area contributed by atoms with Crippen molar-refractivity contribution in [2.75, 3.05) is 11.9 Å². The summed E-state index contributed by atoms with van der Waals surface area (Å²) < 4.78 is 42.4. The van der Waals surface area contributed by atoms with E-state index in [9.17, 15) is 18.0 Å². The maximum Gasteiger partial charge on any atom is 0.468 e. The van der Waals surface area contributed by atoms with Crippen LogP contribution in [0.5, 0.6) is 0 Å². The lowest BCUT2D eigenvalue weighted by molar-refractivity contribution is -0.156. The standard InChI is InChI=1S/C15H16F3N3O2.ClH/c1-8-6-9(4-5-19-8)13(22)20-10-2-3-12-11(7-10)21-14(23-12)15(16,17)18;/h2-3,7-9,19H,4-6H2,1H3,(H,20,22);1H/t8-,9-;/m0./s1. The number of carbonyl (C=O) groups is 1. The molecule has 9 heteroatoms. The zero-order valence-electron chi connectivity index (χ0n) is 12.8. The lowest BCUT2D eigenvalue weighted by Crippen LogP contribution is -2.40. The molecule has 1 saturated heterocycles.